The molecule has 28 heavy (non-hydrogen) atoms. The number of nitrogens with zero attached hydrogens (tertiary/aromatic N) is 1. The first-order chi connectivity index (χ1) is 13.3. The minimum atomic E-state index is -0.995. The summed E-state index contributed by atoms with van der Waals surface area (Å²) in [6.07, 6.45) is 1.77. The van der Waals surface area contributed by atoms with Crippen LogP contribution in [0.2, 0.25) is 0 Å². The maximum atomic E-state index is 13.3. The summed E-state index contributed by atoms with van der Waals surface area (Å²) in [7, 11) is 0. The van der Waals surface area contributed by atoms with E-state index in [9.17, 15) is 18.8 Å². The van der Waals surface area contributed by atoms with Gasteiger partial charge in [0.15, 0.2) is 5.16 Å². The smallest absolute Gasteiger partial charge is 0.303 e. The van der Waals surface area contributed by atoms with E-state index < -0.39 is 22.6 Å². The van der Waals surface area contributed by atoms with E-state index in [-0.39, 0.29) is 29.9 Å². The fraction of sp³-hybridized carbons (Fsp3) is 0.368. The van der Waals surface area contributed by atoms with Crippen molar-refractivity contribution in [2.45, 2.75) is 49.1 Å². The van der Waals surface area contributed by atoms with Crippen molar-refractivity contribution in [3.63, 3.8) is 0 Å². The molecule has 1 fully saturated rings. The zero-order valence-corrected chi connectivity index (χ0v) is 16.0. The predicted octanol–water partition coefficient (Wildman–Crippen LogP) is 2.35. The Morgan fingerprint density at radius 1 is 1.36 bits per heavy atom. The lowest BCUT2D eigenvalue weighted by molar-refractivity contribution is -0.137. The zero-order chi connectivity index (χ0) is 20.3. The van der Waals surface area contributed by atoms with Crippen LogP contribution in [0, 0.1) is 12.7 Å². The molecule has 3 N–H and O–H groups in total. The van der Waals surface area contributed by atoms with Gasteiger partial charge in [-0.3, -0.25) is 14.4 Å². The molecular formula is C19H20FN3O4S. The summed E-state index contributed by atoms with van der Waals surface area (Å²) in [6.45, 7) is 1.63. The van der Waals surface area contributed by atoms with Crippen molar-refractivity contribution < 1.29 is 19.1 Å². The Balaban J connectivity index is 1.85. The van der Waals surface area contributed by atoms with Crippen molar-refractivity contribution in [1.29, 1.82) is 0 Å². The first-order valence-electron chi connectivity index (χ1n) is 8.87. The minimum absolute atomic E-state index is 0.0814. The van der Waals surface area contributed by atoms with Crippen LogP contribution in [0.5, 0.6) is 0 Å². The van der Waals surface area contributed by atoms with Crippen molar-refractivity contribution in [3.05, 3.63) is 57.3 Å². The van der Waals surface area contributed by atoms with E-state index in [4.69, 9.17) is 5.11 Å². The van der Waals surface area contributed by atoms with Crippen molar-refractivity contribution in [2.75, 3.05) is 0 Å². The molecule has 1 heterocycles. The van der Waals surface area contributed by atoms with Crippen LogP contribution in [-0.2, 0) is 16.0 Å². The Bertz CT molecular complexity index is 941. The van der Waals surface area contributed by atoms with Crippen LogP contribution in [0.15, 0.2) is 34.2 Å². The Morgan fingerprint density at radius 2 is 2.04 bits per heavy atom. The summed E-state index contributed by atoms with van der Waals surface area (Å²) < 4.78 is 13.3. The number of nitrogens with one attached hydrogen (secondary N) is 2. The van der Waals surface area contributed by atoms with Crippen LogP contribution in [0.1, 0.15) is 41.3 Å². The normalized spacial score (nSPS) is 14.5. The number of thioether (sulfide) groups is 1. The highest BCUT2D eigenvalue weighted by atomic mass is 32.2. The summed E-state index contributed by atoms with van der Waals surface area (Å²) in [4.78, 5) is 42.7. The molecule has 1 aromatic carbocycles. The molecule has 0 saturated heterocycles. The van der Waals surface area contributed by atoms with Crippen LogP contribution in [-0.4, -0.2) is 33.0 Å². The molecule has 3 rings (SSSR count). The van der Waals surface area contributed by atoms with E-state index in [1.54, 1.807) is 6.92 Å². The number of halogens is 1. The average molecular weight is 405 g/mol. The number of hydrogen-bond acceptors (Lipinski definition) is 5. The van der Waals surface area contributed by atoms with Crippen molar-refractivity contribution in [3.8, 4) is 0 Å². The topological polar surface area (TPSA) is 112 Å². The Labute approximate surface area is 164 Å². The van der Waals surface area contributed by atoms with E-state index in [1.165, 1.54) is 24.3 Å². The molecule has 0 unspecified atom stereocenters. The molecule has 0 bridgehead atoms. The Morgan fingerprint density at radius 3 is 2.61 bits per heavy atom. The highest BCUT2D eigenvalue weighted by molar-refractivity contribution is 8.00. The van der Waals surface area contributed by atoms with Crippen LogP contribution in [0.25, 0.3) is 0 Å². The van der Waals surface area contributed by atoms with E-state index in [0.29, 0.717) is 16.8 Å². The lowest BCUT2D eigenvalue weighted by Crippen LogP contribution is -2.30. The third-order valence-corrected chi connectivity index (χ3v) is 5.49. The van der Waals surface area contributed by atoms with Gasteiger partial charge < -0.3 is 15.4 Å². The average Bonchev–Trinajstić information content (AvgIpc) is 3.43. The molecular weight excluding hydrogens is 385 g/mol. The van der Waals surface area contributed by atoms with Gasteiger partial charge in [0.1, 0.15) is 11.1 Å². The molecule has 1 aliphatic carbocycles. The van der Waals surface area contributed by atoms with Crippen molar-refractivity contribution in [2.24, 2.45) is 0 Å². The van der Waals surface area contributed by atoms with Gasteiger partial charge in [0.2, 0.25) is 5.91 Å². The van der Waals surface area contributed by atoms with Crippen LogP contribution < -0.4 is 10.9 Å². The molecule has 0 radical (unpaired) electrons. The number of amides is 1. The molecule has 2 aromatic rings. The number of aromatic amines is 1. The van der Waals surface area contributed by atoms with Gasteiger partial charge in [0.25, 0.3) is 5.56 Å². The Kier molecular flexibility index (Phi) is 6.13. The highest BCUT2D eigenvalue weighted by Gasteiger charge is 2.30. The van der Waals surface area contributed by atoms with Gasteiger partial charge in [-0.15, -0.1) is 0 Å². The number of carboxylic acids is 1. The monoisotopic (exact) mass is 405 g/mol. The number of benzene rings is 1. The van der Waals surface area contributed by atoms with E-state index in [2.05, 4.69) is 15.3 Å². The van der Waals surface area contributed by atoms with E-state index >= 15 is 0 Å². The number of aromatic nitrogens is 2. The number of hydrogen-bond donors (Lipinski definition) is 3. The second-order valence-corrected chi connectivity index (χ2v) is 7.75. The number of carboxylic acid groups (broad SMARTS) is 1. The molecule has 9 heteroatoms. The number of carbonyl (C=O) groups is 2. The number of carbonyl (C=O) groups excluding carboxylic acids is 1. The van der Waals surface area contributed by atoms with Gasteiger partial charge in [-0.05, 0) is 43.9 Å². The fourth-order valence-corrected chi connectivity index (χ4v) is 3.73. The third-order valence-electron chi connectivity index (χ3n) is 4.35. The van der Waals surface area contributed by atoms with E-state index in [1.807, 2.05) is 0 Å². The molecule has 0 aliphatic heterocycles. The summed E-state index contributed by atoms with van der Waals surface area (Å²) in [5.74, 6) is -1.63. The first kappa shape index (κ1) is 20.1. The molecule has 1 saturated carbocycles. The fourth-order valence-electron chi connectivity index (χ4n) is 2.69. The Hall–Kier alpha value is -2.68. The maximum Gasteiger partial charge on any atom is 0.303 e. The second kappa shape index (κ2) is 8.55. The number of aryl methyl sites for hydroxylation is 1. The van der Waals surface area contributed by atoms with Crippen molar-refractivity contribution in [1.82, 2.24) is 15.3 Å². The molecule has 1 aromatic heterocycles. The van der Waals surface area contributed by atoms with Crippen LogP contribution in [0.3, 0.4) is 0 Å². The van der Waals surface area contributed by atoms with Crippen molar-refractivity contribution >= 4 is 23.6 Å². The molecule has 0 spiro atoms. The van der Waals surface area contributed by atoms with Gasteiger partial charge in [0, 0.05) is 23.7 Å². The molecule has 7 nitrogen and oxygen atoms in total. The quantitative estimate of drug-likeness (QED) is 0.459. The van der Waals surface area contributed by atoms with Gasteiger partial charge >= 0.3 is 5.97 Å². The largest absolute Gasteiger partial charge is 0.481 e. The van der Waals surface area contributed by atoms with Gasteiger partial charge in [-0.1, -0.05) is 23.9 Å². The SMILES string of the molecule is Cc1nc(S[C@@H](C(=O)NC2CC2)c2ccc(F)cc2)[nH]c(=O)c1CCC(=O)O. The molecule has 1 atom stereocenters. The minimum Gasteiger partial charge on any atom is -0.481 e. The first-order valence-corrected chi connectivity index (χ1v) is 9.75. The standard InChI is InChI=1S/C19H20FN3O4S/c1-10-14(8-9-15(24)25)17(26)23-19(21-10)28-16(18(27)22-13-6-7-13)11-2-4-12(20)5-3-11/h2-5,13,16H,6-9H2,1H3,(H,22,27)(H,24,25)(H,21,23,26)/t16-/m1/s1. The summed E-state index contributed by atoms with van der Waals surface area (Å²) in [5, 5.41) is 11.3. The number of aliphatic carboxylic acids is 1. The predicted molar refractivity (Wildman–Crippen MR) is 102 cm³/mol. The van der Waals surface area contributed by atoms with Crippen LogP contribution in [0.4, 0.5) is 4.39 Å². The number of rotatable bonds is 8. The molecule has 148 valence electrons. The van der Waals surface area contributed by atoms with Gasteiger partial charge in [-0.2, -0.15) is 0 Å². The van der Waals surface area contributed by atoms with Crippen LogP contribution >= 0.6 is 11.8 Å². The van der Waals surface area contributed by atoms with Gasteiger partial charge in [0.05, 0.1) is 0 Å². The van der Waals surface area contributed by atoms with E-state index in [0.717, 1.165) is 24.6 Å². The lowest BCUT2D eigenvalue weighted by atomic mass is 10.1. The molecule has 1 aliphatic rings. The highest BCUT2D eigenvalue weighted by Crippen LogP contribution is 2.34. The van der Waals surface area contributed by atoms with Gasteiger partial charge in [-0.25, -0.2) is 9.37 Å². The third kappa shape index (κ3) is 5.19. The zero-order valence-electron chi connectivity index (χ0n) is 15.2. The second-order valence-electron chi connectivity index (χ2n) is 6.66. The lowest BCUT2D eigenvalue weighted by Gasteiger charge is -2.17. The summed E-state index contributed by atoms with van der Waals surface area (Å²) >= 11 is 1.07. The maximum absolute atomic E-state index is 13.3. The molecule has 1 amide bonds. The summed E-state index contributed by atoms with van der Waals surface area (Å²) in [5.41, 5.74) is 0.914. The number of H-pyrrole nitrogens is 1. The summed E-state index contributed by atoms with van der Waals surface area (Å²) in [6, 6.07) is 5.79.